The van der Waals surface area contributed by atoms with Crippen molar-refractivity contribution in [3.63, 3.8) is 0 Å². The molecule has 1 heteroatoms. The first-order chi connectivity index (χ1) is 8.65. The number of hydrogen-bond donors (Lipinski definition) is 1. The molecule has 1 aliphatic rings. The Morgan fingerprint density at radius 3 is 2.28 bits per heavy atom. The standard InChI is InChI=1S/C17H28O/c1-4-5-6-7-8-9-10-11-16-12-14(2)17(18)15(3)13-16/h12-13,17-18H,2,4-11H2,1,3H3. The first kappa shape index (κ1) is 15.2. The SMILES string of the molecule is C=C1C=C(CCCCCCCCC)C=C(C)C1O. The monoisotopic (exact) mass is 248 g/mol. The molecule has 1 aliphatic carbocycles. The Labute approximate surface area is 112 Å². The van der Waals surface area contributed by atoms with Gasteiger partial charge in [0, 0.05) is 0 Å². The van der Waals surface area contributed by atoms with Crippen LogP contribution in [0.4, 0.5) is 0 Å². The van der Waals surface area contributed by atoms with E-state index in [1.165, 1.54) is 50.5 Å². The van der Waals surface area contributed by atoms with Gasteiger partial charge in [-0.25, -0.2) is 0 Å². The number of aliphatic hydroxyl groups is 1. The molecule has 1 nitrogen and oxygen atoms in total. The Morgan fingerprint density at radius 2 is 1.67 bits per heavy atom. The van der Waals surface area contributed by atoms with Crippen LogP contribution in [0.2, 0.25) is 0 Å². The largest absolute Gasteiger partial charge is 0.384 e. The van der Waals surface area contributed by atoms with Crippen LogP contribution >= 0.6 is 0 Å². The maximum atomic E-state index is 9.74. The number of unbranched alkanes of at least 4 members (excludes halogenated alkanes) is 6. The molecular weight excluding hydrogens is 220 g/mol. The molecule has 102 valence electrons. The van der Waals surface area contributed by atoms with Crippen molar-refractivity contribution in [1.82, 2.24) is 0 Å². The maximum Gasteiger partial charge on any atom is 0.0995 e. The fourth-order valence-electron chi connectivity index (χ4n) is 2.45. The van der Waals surface area contributed by atoms with Gasteiger partial charge in [0.15, 0.2) is 0 Å². The molecule has 1 atom stereocenters. The molecule has 18 heavy (non-hydrogen) atoms. The van der Waals surface area contributed by atoms with Gasteiger partial charge in [-0.05, 0) is 36.5 Å². The van der Waals surface area contributed by atoms with Crippen LogP contribution in [-0.4, -0.2) is 11.2 Å². The van der Waals surface area contributed by atoms with Crippen LogP contribution in [0.15, 0.2) is 35.5 Å². The number of allylic oxidation sites excluding steroid dienone is 2. The lowest BCUT2D eigenvalue weighted by Crippen LogP contribution is -2.13. The van der Waals surface area contributed by atoms with E-state index in [2.05, 4.69) is 25.7 Å². The van der Waals surface area contributed by atoms with E-state index in [1.54, 1.807) is 0 Å². The summed E-state index contributed by atoms with van der Waals surface area (Å²) in [6.07, 6.45) is 14.2. The third kappa shape index (κ3) is 5.22. The summed E-state index contributed by atoms with van der Waals surface area (Å²) in [6, 6.07) is 0. The predicted molar refractivity (Wildman–Crippen MR) is 79.6 cm³/mol. The molecule has 0 bridgehead atoms. The molecule has 0 saturated carbocycles. The molecule has 0 aromatic heterocycles. The minimum absolute atomic E-state index is 0.456. The summed E-state index contributed by atoms with van der Waals surface area (Å²) in [5, 5.41) is 9.74. The Hall–Kier alpha value is -0.820. The zero-order valence-electron chi connectivity index (χ0n) is 12.0. The third-order valence-electron chi connectivity index (χ3n) is 3.64. The molecular formula is C17H28O. The molecule has 0 aromatic carbocycles. The van der Waals surface area contributed by atoms with E-state index in [0.717, 1.165) is 17.6 Å². The molecule has 1 unspecified atom stereocenters. The lowest BCUT2D eigenvalue weighted by atomic mass is 9.91. The molecule has 0 spiro atoms. The lowest BCUT2D eigenvalue weighted by Gasteiger charge is -2.18. The van der Waals surface area contributed by atoms with Gasteiger partial charge in [-0.15, -0.1) is 0 Å². The van der Waals surface area contributed by atoms with Crippen molar-refractivity contribution in [2.45, 2.75) is 71.3 Å². The minimum Gasteiger partial charge on any atom is -0.384 e. The summed E-state index contributed by atoms with van der Waals surface area (Å²) in [7, 11) is 0. The van der Waals surface area contributed by atoms with Gasteiger partial charge < -0.3 is 5.11 Å². The van der Waals surface area contributed by atoms with E-state index in [4.69, 9.17) is 0 Å². The molecule has 0 aromatic rings. The van der Waals surface area contributed by atoms with Gasteiger partial charge in [0.1, 0.15) is 0 Å². The van der Waals surface area contributed by atoms with Crippen molar-refractivity contribution in [2.24, 2.45) is 0 Å². The summed E-state index contributed by atoms with van der Waals surface area (Å²) in [6.45, 7) is 8.14. The van der Waals surface area contributed by atoms with Gasteiger partial charge in [0.25, 0.3) is 0 Å². The van der Waals surface area contributed by atoms with Crippen LogP contribution in [0, 0.1) is 0 Å². The van der Waals surface area contributed by atoms with Gasteiger partial charge in [-0.1, -0.05) is 64.2 Å². The molecule has 1 N–H and O–H groups in total. The van der Waals surface area contributed by atoms with E-state index in [9.17, 15) is 5.11 Å². The van der Waals surface area contributed by atoms with Gasteiger partial charge in [0.2, 0.25) is 0 Å². The predicted octanol–water partition coefficient (Wildman–Crippen LogP) is 4.93. The summed E-state index contributed by atoms with van der Waals surface area (Å²) in [5.74, 6) is 0. The third-order valence-corrected chi connectivity index (χ3v) is 3.64. The molecule has 0 heterocycles. The summed E-state index contributed by atoms with van der Waals surface area (Å²) in [4.78, 5) is 0. The second-order valence-corrected chi connectivity index (χ2v) is 5.46. The molecule has 1 rings (SSSR count). The summed E-state index contributed by atoms with van der Waals surface area (Å²) >= 11 is 0. The van der Waals surface area contributed by atoms with Crippen molar-refractivity contribution in [2.75, 3.05) is 0 Å². The van der Waals surface area contributed by atoms with Crippen molar-refractivity contribution in [1.29, 1.82) is 0 Å². The highest BCUT2D eigenvalue weighted by atomic mass is 16.3. The second kappa shape index (κ2) is 8.31. The van der Waals surface area contributed by atoms with Gasteiger partial charge in [-0.2, -0.15) is 0 Å². The fraction of sp³-hybridized carbons (Fsp3) is 0.647. The molecule has 0 fully saturated rings. The van der Waals surface area contributed by atoms with Gasteiger partial charge in [0.05, 0.1) is 6.10 Å². The Kier molecular flexibility index (Phi) is 7.04. The zero-order valence-corrected chi connectivity index (χ0v) is 12.0. The molecule has 0 radical (unpaired) electrons. The normalized spacial score (nSPS) is 19.7. The van der Waals surface area contributed by atoms with Crippen molar-refractivity contribution in [3.8, 4) is 0 Å². The summed E-state index contributed by atoms with van der Waals surface area (Å²) in [5.41, 5.74) is 3.20. The summed E-state index contributed by atoms with van der Waals surface area (Å²) < 4.78 is 0. The Morgan fingerprint density at radius 1 is 1.06 bits per heavy atom. The van der Waals surface area contributed by atoms with E-state index < -0.39 is 6.10 Å². The molecule has 0 aliphatic heterocycles. The highest BCUT2D eigenvalue weighted by Crippen LogP contribution is 2.24. The highest BCUT2D eigenvalue weighted by Gasteiger charge is 2.14. The van der Waals surface area contributed by atoms with Crippen molar-refractivity contribution in [3.05, 3.63) is 35.5 Å². The smallest absolute Gasteiger partial charge is 0.0995 e. The van der Waals surface area contributed by atoms with E-state index in [0.29, 0.717) is 0 Å². The first-order valence-corrected chi connectivity index (χ1v) is 7.40. The Bertz CT molecular complexity index is 323. The van der Waals surface area contributed by atoms with Crippen LogP contribution in [-0.2, 0) is 0 Å². The van der Waals surface area contributed by atoms with E-state index in [-0.39, 0.29) is 0 Å². The van der Waals surface area contributed by atoms with Crippen LogP contribution in [0.3, 0.4) is 0 Å². The van der Waals surface area contributed by atoms with Crippen LogP contribution in [0.1, 0.15) is 65.2 Å². The van der Waals surface area contributed by atoms with Crippen molar-refractivity contribution < 1.29 is 5.11 Å². The molecule has 0 saturated heterocycles. The van der Waals surface area contributed by atoms with Crippen LogP contribution in [0.5, 0.6) is 0 Å². The highest BCUT2D eigenvalue weighted by molar-refractivity contribution is 5.42. The maximum absolute atomic E-state index is 9.74. The average molecular weight is 248 g/mol. The lowest BCUT2D eigenvalue weighted by molar-refractivity contribution is 0.249. The zero-order chi connectivity index (χ0) is 13.4. The molecule has 0 amide bonds. The topological polar surface area (TPSA) is 20.2 Å². The van der Waals surface area contributed by atoms with E-state index >= 15 is 0 Å². The van der Waals surface area contributed by atoms with Crippen molar-refractivity contribution >= 4 is 0 Å². The van der Waals surface area contributed by atoms with Gasteiger partial charge in [-0.3, -0.25) is 0 Å². The first-order valence-electron chi connectivity index (χ1n) is 7.40. The van der Waals surface area contributed by atoms with Crippen LogP contribution < -0.4 is 0 Å². The number of rotatable bonds is 8. The van der Waals surface area contributed by atoms with E-state index in [1.807, 2.05) is 6.92 Å². The fourth-order valence-corrected chi connectivity index (χ4v) is 2.45. The van der Waals surface area contributed by atoms with Crippen LogP contribution in [0.25, 0.3) is 0 Å². The second-order valence-electron chi connectivity index (χ2n) is 5.46. The minimum atomic E-state index is -0.456. The quantitative estimate of drug-likeness (QED) is 0.604. The number of hydrogen-bond acceptors (Lipinski definition) is 1. The number of aliphatic hydroxyl groups excluding tert-OH is 1. The average Bonchev–Trinajstić information content (AvgIpc) is 2.34. The Balaban J connectivity index is 2.16. The van der Waals surface area contributed by atoms with Gasteiger partial charge >= 0.3 is 0 Å².